The van der Waals surface area contributed by atoms with Gasteiger partial charge in [-0.2, -0.15) is 0 Å². The molecule has 0 bridgehead atoms. The molecule has 0 spiro atoms. The van der Waals surface area contributed by atoms with E-state index in [2.05, 4.69) is 22.3 Å². The van der Waals surface area contributed by atoms with Crippen LogP contribution in [0.4, 0.5) is 5.69 Å². The van der Waals surface area contributed by atoms with Crippen LogP contribution < -0.4 is 5.32 Å². The second-order valence-electron chi connectivity index (χ2n) is 8.60. The Morgan fingerprint density at radius 2 is 1.63 bits per heavy atom. The fourth-order valence-corrected chi connectivity index (χ4v) is 5.75. The number of hydrogen-bond acceptors (Lipinski definition) is 3. The Morgan fingerprint density at radius 1 is 0.926 bits per heavy atom. The number of carbonyl (C=O) groups excluding carboxylic acids is 1. The van der Waals surface area contributed by atoms with Crippen molar-refractivity contribution in [3.8, 4) is 0 Å². The Hall–Kier alpha value is -1.26. The van der Waals surface area contributed by atoms with Crippen LogP contribution in [0.3, 0.4) is 0 Å². The number of benzene rings is 1. The van der Waals surface area contributed by atoms with Gasteiger partial charge in [-0.1, -0.05) is 18.0 Å². The van der Waals surface area contributed by atoms with Gasteiger partial charge in [-0.3, -0.25) is 9.69 Å². The molecule has 2 saturated carbocycles. The maximum Gasteiger partial charge on any atom is 0.209 e. The van der Waals surface area contributed by atoms with E-state index in [0.29, 0.717) is 6.04 Å². The van der Waals surface area contributed by atoms with Crippen molar-refractivity contribution in [2.24, 2.45) is 11.8 Å². The van der Waals surface area contributed by atoms with Gasteiger partial charge in [0, 0.05) is 49.0 Å². The van der Waals surface area contributed by atoms with Crippen LogP contribution in [-0.2, 0) is 4.79 Å². The fourth-order valence-electron chi connectivity index (χ4n) is 5.62. The van der Waals surface area contributed by atoms with Gasteiger partial charge in [0.2, 0.25) is 6.41 Å². The summed E-state index contributed by atoms with van der Waals surface area (Å²) in [4.78, 5) is 15.6. The number of piperazine rings is 1. The lowest BCUT2D eigenvalue weighted by molar-refractivity contribution is -0.120. The number of halogens is 1. The number of rotatable bonds is 5. The Balaban J connectivity index is 1.28. The Labute approximate surface area is 168 Å². The van der Waals surface area contributed by atoms with Gasteiger partial charge in [-0.15, -0.1) is 0 Å². The van der Waals surface area contributed by atoms with Crippen molar-refractivity contribution < 1.29 is 4.79 Å². The smallest absolute Gasteiger partial charge is 0.209 e. The molecule has 1 aliphatic heterocycles. The van der Waals surface area contributed by atoms with Crippen LogP contribution in [0.1, 0.15) is 44.9 Å². The molecule has 3 fully saturated rings. The third-order valence-corrected chi connectivity index (χ3v) is 7.34. The van der Waals surface area contributed by atoms with Crippen molar-refractivity contribution in [3.05, 3.63) is 29.3 Å². The number of nitrogens with one attached hydrogen (secondary N) is 1. The zero-order valence-corrected chi connectivity index (χ0v) is 16.9. The molecule has 1 N–H and O–H groups in total. The lowest BCUT2D eigenvalue weighted by atomic mass is 9.75. The zero-order chi connectivity index (χ0) is 18.6. The third kappa shape index (κ3) is 4.60. The normalized spacial score (nSPS) is 32.4. The number of hydrogen-bond donors (Lipinski definition) is 1. The Kier molecular flexibility index (Phi) is 6.24. The van der Waals surface area contributed by atoms with Crippen LogP contribution in [-0.4, -0.2) is 54.5 Å². The first-order valence-corrected chi connectivity index (χ1v) is 11.1. The highest BCUT2D eigenvalue weighted by Gasteiger charge is 2.39. The van der Waals surface area contributed by atoms with Crippen LogP contribution in [0.2, 0.25) is 5.02 Å². The first kappa shape index (κ1) is 19.1. The number of nitrogens with zero attached hydrogens (tertiary/aromatic N) is 2. The van der Waals surface area contributed by atoms with E-state index in [0.717, 1.165) is 55.5 Å². The molecule has 5 heteroatoms. The molecular formula is C22H32ClN3O. The molecule has 1 amide bonds. The highest BCUT2D eigenvalue weighted by atomic mass is 35.5. The predicted molar refractivity (Wildman–Crippen MR) is 111 cm³/mol. The van der Waals surface area contributed by atoms with Gasteiger partial charge in [-0.25, -0.2) is 0 Å². The second kappa shape index (κ2) is 8.83. The van der Waals surface area contributed by atoms with Crippen molar-refractivity contribution in [1.29, 1.82) is 0 Å². The first-order chi connectivity index (χ1) is 13.2. The molecule has 4 rings (SSSR count). The number of carbonyl (C=O) groups is 1. The molecular weight excluding hydrogens is 358 g/mol. The van der Waals surface area contributed by atoms with E-state index in [1.54, 1.807) is 0 Å². The van der Waals surface area contributed by atoms with Crippen LogP contribution in [0.25, 0.3) is 0 Å². The van der Waals surface area contributed by atoms with Gasteiger partial charge in [-0.05, 0) is 74.6 Å². The summed E-state index contributed by atoms with van der Waals surface area (Å²) in [5, 5.41) is 4.49. The van der Waals surface area contributed by atoms with E-state index >= 15 is 0 Å². The van der Waals surface area contributed by atoms with Gasteiger partial charge in [0.1, 0.15) is 0 Å². The summed E-state index contributed by atoms with van der Waals surface area (Å²) >= 11 is 5.99. The lowest BCUT2D eigenvalue weighted by Gasteiger charge is -2.42. The largest absolute Gasteiger partial charge is 0.382 e. The van der Waals surface area contributed by atoms with Crippen molar-refractivity contribution in [1.82, 2.24) is 9.80 Å². The van der Waals surface area contributed by atoms with E-state index in [9.17, 15) is 4.79 Å². The average molecular weight is 390 g/mol. The molecule has 27 heavy (non-hydrogen) atoms. The highest BCUT2D eigenvalue weighted by molar-refractivity contribution is 6.30. The molecule has 148 valence electrons. The maximum atomic E-state index is 11.0. The molecule has 1 aromatic carbocycles. The summed E-state index contributed by atoms with van der Waals surface area (Å²) in [6.07, 6.45) is 10.4. The molecule has 2 aliphatic carbocycles. The van der Waals surface area contributed by atoms with Crippen molar-refractivity contribution >= 4 is 23.7 Å². The monoisotopic (exact) mass is 389 g/mol. The van der Waals surface area contributed by atoms with Gasteiger partial charge in [0.05, 0.1) is 0 Å². The van der Waals surface area contributed by atoms with E-state index in [1.807, 2.05) is 17.0 Å². The Bertz CT molecular complexity index is 606. The topological polar surface area (TPSA) is 35.6 Å². The van der Waals surface area contributed by atoms with Gasteiger partial charge < -0.3 is 10.2 Å². The number of anilines is 1. The molecule has 4 nitrogen and oxygen atoms in total. The summed E-state index contributed by atoms with van der Waals surface area (Å²) in [7, 11) is 0. The summed E-state index contributed by atoms with van der Waals surface area (Å²) < 4.78 is 0. The zero-order valence-electron chi connectivity index (χ0n) is 16.2. The summed E-state index contributed by atoms with van der Waals surface area (Å²) in [6, 6.07) is 9.44. The van der Waals surface area contributed by atoms with E-state index in [1.165, 1.54) is 50.6 Å². The summed E-state index contributed by atoms with van der Waals surface area (Å²) in [5.41, 5.74) is 1.19. The van der Waals surface area contributed by atoms with Crippen molar-refractivity contribution in [3.63, 3.8) is 0 Å². The van der Waals surface area contributed by atoms with Crippen LogP contribution in [0.5, 0.6) is 0 Å². The molecule has 1 heterocycles. The van der Waals surface area contributed by atoms with Gasteiger partial charge in [0.15, 0.2) is 0 Å². The molecule has 3 aliphatic rings. The van der Waals surface area contributed by atoms with E-state index in [-0.39, 0.29) is 0 Å². The maximum absolute atomic E-state index is 11.0. The SMILES string of the molecule is O=CN1CCN(C2CCCC2C2CCC(Nc3ccc(Cl)cc3)CC2)CC1. The molecule has 1 aromatic rings. The Morgan fingerprint density at radius 3 is 2.30 bits per heavy atom. The fraction of sp³-hybridized carbons (Fsp3) is 0.682. The minimum absolute atomic E-state index is 0.596. The standard InChI is InChI=1S/C22H32ClN3O/c23-18-6-10-20(11-7-18)24-19-8-4-17(5-9-19)21-2-1-3-22(21)26-14-12-25(16-27)13-15-26/h6-7,10-11,16-17,19,21-22,24H,1-5,8-9,12-15H2. The predicted octanol–water partition coefficient (Wildman–Crippen LogP) is 4.25. The van der Waals surface area contributed by atoms with E-state index < -0.39 is 0 Å². The van der Waals surface area contributed by atoms with Gasteiger partial charge in [0.25, 0.3) is 0 Å². The average Bonchev–Trinajstić information content (AvgIpc) is 3.20. The van der Waals surface area contributed by atoms with Crippen LogP contribution in [0.15, 0.2) is 24.3 Å². The summed E-state index contributed by atoms with van der Waals surface area (Å²) in [6.45, 7) is 3.94. The lowest BCUT2D eigenvalue weighted by Crippen LogP contribution is -2.51. The van der Waals surface area contributed by atoms with Crippen LogP contribution >= 0.6 is 11.6 Å². The molecule has 2 atom stereocenters. The second-order valence-corrected chi connectivity index (χ2v) is 9.04. The summed E-state index contributed by atoms with van der Waals surface area (Å²) in [5.74, 6) is 1.74. The minimum atomic E-state index is 0.596. The van der Waals surface area contributed by atoms with Crippen molar-refractivity contribution in [2.45, 2.75) is 57.0 Å². The minimum Gasteiger partial charge on any atom is -0.382 e. The third-order valence-electron chi connectivity index (χ3n) is 7.09. The molecule has 0 aromatic heterocycles. The highest BCUT2D eigenvalue weighted by Crippen LogP contribution is 2.42. The van der Waals surface area contributed by atoms with Crippen LogP contribution in [0, 0.1) is 11.8 Å². The quantitative estimate of drug-likeness (QED) is 0.764. The number of amides is 1. The van der Waals surface area contributed by atoms with E-state index in [4.69, 9.17) is 11.6 Å². The van der Waals surface area contributed by atoms with Crippen molar-refractivity contribution in [2.75, 3.05) is 31.5 Å². The van der Waals surface area contributed by atoms with Gasteiger partial charge >= 0.3 is 0 Å². The molecule has 0 radical (unpaired) electrons. The first-order valence-electron chi connectivity index (χ1n) is 10.7. The molecule has 2 unspecified atom stereocenters. The molecule has 1 saturated heterocycles.